The largest absolute Gasteiger partial charge is 0.496 e. The van der Waals surface area contributed by atoms with Crippen LogP contribution in [0.3, 0.4) is 0 Å². The van der Waals surface area contributed by atoms with E-state index >= 15 is 0 Å². The van der Waals surface area contributed by atoms with Gasteiger partial charge in [0.1, 0.15) is 11.6 Å². The van der Waals surface area contributed by atoms with E-state index in [9.17, 15) is 9.59 Å². The summed E-state index contributed by atoms with van der Waals surface area (Å²) in [5.74, 6) is 0.802. The van der Waals surface area contributed by atoms with E-state index in [1.807, 2.05) is 24.3 Å². The highest BCUT2D eigenvalue weighted by Crippen LogP contribution is 2.21. The van der Waals surface area contributed by atoms with Crippen LogP contribution >= 0.6 is 11.8 Å². The normalized spacial score (nSPS) is 10.5. The number of methoxy groups -OCH3 is 1. The van der Waals surface area contributed by atoms with E-state index in [4.69, 9.17) is 15.2 Å². The zero-order chi connectivity index (χ0) is 18.2. The van der Waals surface area contributed by atoms with Crippen LogP contribution in [0.25, 0.3) is 0 Å². The predicted octanol–water partition coefficient (Wildman–Crippen LogP) is 1.73. The van der Waals surface area contributed by atoms with Crippen LogP contribution in [0.1, 0.15) is 12.5 Å². The van der Waals surface area contributed by atoms with E-state index in [2.05, 4.69) is 4.98 Å². The highest BCUT2D eigenvalue weighted by molar-refractivity contribution is 7.99. The number of hydrogen-bond donors (Lipinski definition) is 1. The highest BCUT2D eigenvalue weighted by atomic mass is 32.2. The first kappa shape index (κ1) is 18.9. The molecule has 0 aliphatic carbocycles. The lowest BCUT2D eigenvalue weighted by Gasteiger charge is -2.15. The summed E-state index contributed by atoms with van der Waals surface area (Å²) in [6.07, 6.45) is 0.645. The number of anilines is 1. The van der Waals surface area contributed by atoms with E-state index in [1.54, 1.807) is 18.6 Å². The van der Waals surface area contributed by atoms with Gasteiger partial charge in [-0.3, -0.25) is 9.59 Å². The fraction of sp³-hybridized carbons (Fsp3) is 0.353. The number of benzene rings is 1. The molecular formula is C17H21N3O4S. The number of nitrogen functional groups attached to an aromatic ring is 1. The molecule has 0 saturated carbocycles. The second-order valence-electron chi connectivity index (χ2n) is 5.11. The van der Waals surface area contributed by atoms with Gasteiger partial charge in [-0.25, -0.2) is 0 Å². The molecule has 2 rings (SSSR count). The van der Waals surface area contributed by atoms with Crippen LogP contribution in [0.2, 0.25) is 0 Å². The lowest BCUT2D eigenvalue weighted by Crippen LogP contribution is -2.19. The Morgan fingerprint density at radius 3 is 2.84 bits per heavy atom. The molecule has 0 bridgehead atoms. The molecule has 0 aliphatic rings. The van der Waals surface area contributed by atoms with Gasteiger partial charge in [-0.05, 0) is 25.0 Å². The number of para-hydroxylation sites is 1. The van der Waals surface area contributed by atoms with Gasteiger partial charge in [-0.2, -0.15) is 4.98 Å². The SMILES string of the molecule is CCOC(=O)CSc1nc(=O)cc(N)n1CCc1ccccc1OC. The summed E-state index contributed by atoms with van der Waals surface area (Å²) in [5.41, 5.74) is 6.57. The second-order valence-corrected chi connectivity index (χ2v) is 6.05. The number of nitrogens with two attached hydrogens (primary N) is 1. The van der Waals surface area contributed by atoms with Crippen LogP contribution in [-0.2, 0) is 22.5 Å². The van der Waals surface area contributed by atoms with Gasteiger partial charge in [-0.15, -0.1) is 0 Å². The summed E-state index contributed by atoms with van der Waals surface area (Å²) in [7, 11) is 1.62. The molecule has 1 aromatic heterocycles. The number of esters is 1. The van der Waals surface area contributed by atoms with Gasteiger partial charge >= 0.3 is 5.97 Å². The Morgan fingerprint density at radius 1 is 1.36 bits per heavy atom. The van der Waals surface area contributed by atoms with Gasteiger partial charge in [-0.1, -0.05) is 30.0 Å². The average molecular weight is 363 g/mol. The van der Waals surface area contributed by atoms with Crippen LogP contribution in [0.15, 0.2) is 40.3 Å². The molecule has 0 radical (unpaired) electrons. The first-order chi connectivity index (χ1) is 12.0. The van der Waals surface area contributed by atoms with E-state index in [-0.39, 0.29) is 11.7 Å². The van der Waals surface area contributed by atoms with Crippen LogP contribution in [-0.4, -0.2) is 35.0 Å². The zero-order valence-corrected chi connectivity index (χ0v) is 15.0. The number of hydrogen-bond acceptors (Lipinski definition) is 7. The number of aromatic nitrogens is 2. The molecule has 8 heteroatoms. The zero-order valence-electron chi connectivity index (χ0n) is 14.2. The Balaban J connectivity index is 2.18. The number of nitrogens with zero attached hydrogens (tertiary/aromatic N) is 2. The molecule has 2 aromatic rings. The molecule has 7 nitrogen and oxygen atoms in total. The molecule has 0 fully saturated rings. The van der Waals surface area contributed by atoms with Crippen molar-refractivity contribution in [1.82, 2.24) is 9.55 Å². The number of carbonyl (C=O) groups is 1. The van der Waals surface area contributed by atoms with Crippen molar-refractivity contribution in [1.29, 1.82) is 0 Å². The van der Waals surface area contributed by atoms with Crippen molar-refractivity contribution in [3.8, 4) is 5.75 Å². The maximum Gasteiger partial charge on any atom is 0.316 e. The van der Waals surface area contributed by atoms with Crippen molar-refractivity contribution in [3.63, 3.8) is 0 Å². The Hall–Kier alpha value is -2.48. The van der Waals surface area contributed by atoms with Crippen molar-refractivity contribution < 1.29 is 14.3 Å². The molecule has 134 valence electrons. The number of ether oxygens (including phenoxy) is 2. The Morgan fingerprint density at radius 2 is 2.12 bits per heavy atom. The fourth-order valence-electron chi connectivity index (χ4n) is 2.30. The summed E-state index contributed by atoms with van der Waals surface area (Å²) < 4.78 is 12.0. The minimum Gasteiger partial charge on any atom is -0.496 e. The third-order valence-corrected chi connectivity index (χ3v) is 4.39. The smallest absolute Gasteiger partial charge is 0.316 e. The van der Waals surface area contributed by atoms with E-state index in [0.717, 1.165) is 23.1 Å². The van der Waals surface area contributed by atoms with Crippen LogP contribution < -0.4 is 16.0 Å². The Bertz CT molecular complexity index is 792. The van der Waals surface area contributed by atoms with Gasteiger partial charge in [0.2, 0.25) is 0 Å². The van der Waals surface area contributed by atoms with Crippen molar-refractivity contribution in [2.24, 2.45) is 0 Å². The molecule has 1 aromatic carbocycles. The predicted molar refractivity (Wildman–Crippen MR) is 97.0 cm³/mol. The summed E-state index contributed by atoms with van der Waals surface area (Å²) in [5, 5.41) is 0.396. The monoisotopic (exact) mass is 363 g/mol. The average Bonchev–Trinajstić information content (AvgIpc) is 2.59. The maximum atomic E-state index is 11.7. The summed E-state index contributed by atoms with van der Waals surface area (Å²) in [6.45, 7) is 2.56. The summed E-state index contributed by atoms with van der Waals surface area (Å²) in [4.78, 5) is 27.2. The first-order valence-electron chi connectivity index (χ1n) is 7.82. The topological polar surface area (TPSA) is 96.4 Å². The number of aryl methyl sites for hydroxylation is 1. The van der Waals surface area contributed by atoms with Gasteiger partial charge in [0, 0.05) is 12.6 Å². The molecule has 1 heterocycles. The standard InChI is InChI=1S/C17H21N3O4S/c1-3-24-16(22)11-25-17-19-15(21)10-14(18)20(17)9-8-12-6-4-5-7-13(12)23-2/h4-7,10H,3,8-9,11,18H2,1-2H3. The molecule has 25 heavy (non-hydrogen) atoms. The van der Waals surface area contributed by atoms with E-state index in [1.165, 1.54) is 6.07 Å². The van der Waals surface area contributed by atoms with Gasteiger partial charge < -0.3 is 19.8 Å². The molecule has 0 spiro atoms. The van der Waals surface area contributed by atoms with Gasteiger partial charge in [0.05, 0.1) is 19.5 Å². The van der Waals surface area contributed by atoms with E-state index < -0.39 is 5.56 Å². The third-order valence-electron chi connectivity index (χ3n) is 3.44. The van der Waals surface area contributed by atoms with Crippen molar-refractivity contribution >= 4 is 23.5 Å². The van der Waals surface area contributed by atoms with Crippen molar-refractivity contribution in [2.45, 2.75) is 25.0 Å². The van der Waals surface area contributed by atoms with Crippen LogP contribution in [0, 0.1) is 0 Å². The highest BCUT2D eigenvalue weighted by Gasteiger charge is 2.12. The van der Waals surface area contributed by atoms with Gasteiger partial charge in [0.15, 0.2) is 5.16 Å². The molecule has 0 aliphatic heterocycles. The minimum absolute atomic E-state index is 0.0678. The van der Waals surface area contributed by atoms with E-state index in [0.29, 0.717) is 30.5 Å². The third kappa shape index (κ3) is 5.25. The lowest BCUT2D eigenvalue weighted by molar-refractivity contribution is -0.139. The molecule has 0 saturated heterocycles. The first-order valence-corrected chi connectivity index (χ1v) is 8.81. The van der Waals surface area contributed by atoms with Crippen LogP contribution in [0.4, 0.5) is 5.82 Å². The van der Waals surface area contributed by atoms with Crippen molar-refractivity contribution in [3.05, 3.63) is 46.2 Å². The number of carbonyl (C=O) groups excluding carboxylic acids is 1. The molecule has 2 N–H and O–H groups in total. The quantitative estimate of drug-likeness (QED) is 0.433. The molecule has 0 atom stereocenters. The molecular weight excluding hydrogens is 342 g/mol. The number of thioether (sulfide) groups is 1. The number of rotatable bonds is 8. The second kappa shape index (κ2) is 9.12. The van der Waals surface area contributed by atoms with Gasteiger partial charge in [0.25, 0.3) is 5.56 Å². The molecule has 0 amide bonds. The fourth-order valence-corrected chi connectivity index (χ4v) is 3.14. The summed E-state index contributed by atoms with van der Waals surface area (Å²) >= 11 is 1.13. The Labute approximate surface area is 150 Å². The Kier molecular flexibility index (Phi) is 6.88. The van der Waals surface area contributed by atoms with Crippen LogP contribution in [0.5, 0.6) is 5.75 Å². The van der Waals surface area contributed by atoms with Crippen molar-refractivity contribution in [2.75, 3.05) is 25.2 Å². The molecule has 0 unspecified atom stereocenters. The minimum atomic E-state index is -0.433. The lowest BCUT2D eigenvalue weighted by atomic mass is 10.1. The summed E-state index contributed by atoms with van der Waals surface area (Å²) in [6, 6.07) is 8.96. The maximum absolute atomic E-state index is 11.7.